The monoisotopic (exact) mass is 337 g/mol. The van der Waals surface area contributed by atoms with Gasteiger partial charge in [0, 0.05) is 29.7 Å². The number of amides is 1. The van der Waals surface area contributed by atoms with E-state index in [9.17, 15) is 4.79 Å². The molecular weight excluding hydrogens is 314 g/mol. The van der Waals surface area contributed by atoms with E-state index in [2.05, 4.69) is 29.4 Å². The molecule has 2 aromatic rings. The fourth-order valence-electron chi connectivity index (χ4n) is 3.15. The molecule has 0 radical (unpaired) electrons. The Bertz CT molecular complexity index is 671. The van der Waals surface area contributed by atoms with Crippen LogP contribution >= 0.6 is 12.4 Å². The molecule has 1 saturated heterocycles. The van der Waals surface area contributed by atoms with E-state index in [1.807, 2.05) is 12.1 Å². The zero-order valence-electron chi connectivity index (χ0n) is 13.3. The van der Waals surface area contributed by atoms with Gasteiger partial charge in [-0.15, -0.1) is 12.4 Å². The molecule has 126 valence electrons. The number of carbonyl (C=O) groups excluding carboxylic acids is 1. The smallest absolute Gasteiger partial charge is 0.249 e. The van der Waals surface area contributed by atoms with Crippen molar-refractivity contribution in [1.29, 1.82) is 0 Å². The Hall–Kier alpha value is -1.56. The molecule has 1 aliphatic rings. The number of nitrogens with one attached hydrogen (secondary N) is 2. The van der Waals surface area contributed by atoms with Crippen molar-refractivity contribution in [2.45, 2.75) is 38.4 Å². The molecule has 3 rings (SSSR count). The number of aromatic nitrogens is 1. The summed E-state index contributed by atoms with van der Waals surface area (Å²) < 4.78 is 5.61. The molecule has 0 aliphatic carbocycles. The van der Waals surface area contributed by atoms with Gasteiger partial charge in [0.1, 0.15) is 6.10 Å². The van der Waals surface area contributed by atoms with Crippen LogP contribution < -0.4 is 11.1 Å². The minimum absolute atomic E-state index is 0. The third kappa shape index (κ3) is 3.86. The van der Waals surface area contributed by atoms with Gasteiger partial charge in [0.25, 0.3) is 0 Å². The van der Waals surface area contributed by atoms with Crippen molar-refractivity contribution in [3.8, 4) is 0 Å². The first-order valence-corrected chi connectivity index (χ1v) is 7.88. The standard InChI is InChI=1S/C17H23N3O2.ClH/c1-11-13(14-4-2-3-5-15(14)20-11)8-9-19-17(21)16-7-6-12(10-18)22-16;/h2-5,12,16,20H,6-10,18H2,1H3,(H,19,21);1H/t12-,16+;/m1./s1. The molecule has 5 nitrogen and oxygen atoms in total. The zero-order valence-corrected chi connectivity index (χ0v) is 14.1. The van der Waals surface area contributed by atoms with E-state index >= 15 is 0 Å². The highest BCUT2D eigenvalue weighted by atomic mass is 35.5. The first-order chi connectivity index (χ1) is 10.7. The van der Waals surface area contributed by atoms with Crippen molar-refractivity contribution in [2.75, 3.05) is 13.1 Å². The minimum atomic E-state index is -0.336. The molecule has 0 spiro atoms. The highest BCUT2D eigenvalue weighted by Gasteiger charge is 2.29. The predicted molar refractivity (Wildman–Crippen MR) is 93.9 cm³/mol. The third-order valence-corrected chi connectivity index (χ3v) is 4.36. The molecule has 1 fully saturated rings. The number of fused-ring (bicyclic) bond motifs is 1. The lowest BCUT2D eigenvalue weighted by molar-refractivity contribution is -0.131. The Morgan fingerprint density at radius 1 is 1.39 bits per heavy atom. The zero-order chi connectivity index (χ0) is 15.5. The Morgan fingerprint density at radius 2 is 2.17 bits per heavy atom. The molecule has 23 heavy (non-hydrogen) atoms. The molecule has 6 heteroatoms. The second kappa shape index (κ2) is 7.81. The number of para-hydroxylation sites is 1. The van der Waals surface area contributed by atoms with Crippen molar-refractivity contribution in [2.24, 2.45) is 5.73 Å². The van der Waals surface area contributed by atoms with E-state index < -0.39 is 0 Å². The lowest BCUT2D eigenvalue weighted by Gasteiger charge is -2.12. The third-order valence-electron chi connectivity index (χ3n) is 4.36. The van der Waals surface area contributed by atoms with Crippen molar-refractivity contribution in [1.82, 2.24) is 10.3 Å². The van der Waals surface area contributed by atoms with Gasteiger partial charge in [0.2, 0.25) is 5.91 Å². The first kappa shape index (κ1) is 17.8. The summed E-state index contributed by atoms with van der Waals surface area (Å²) in [6.45, 7) is 3.18. The number of H-pyrrole nitrogens is 1. The molecule has 0 bridgehead atoms. The summed E-state index contributed by atoms with van der Waals surface area (Å²) >= 11 is 0. The molecular formula is C17H24ClN3O2. The Kier molecular flexibility index (Phi) is 6.04. The van der Waals surface area contributed by atoms with E-state index in [1.165, 1.54) is 10.9 Å². The maximum Gasteiger partial charge on any atom is 0.249 e. The number of rotatable bonds is 5. The molecule has 4 N–H and O–H groups in total. The average molecular weight is 338 g/mol. The van der Waals surface area contributed by atoms with Crippen LogP contribution in [0.3, 0.4) is 0 Å². The Labute approximate surface area is 142 Å². The van der Waals surface area contributed by atoms with Gasteiger partial charge >= 0.3 is 0 Å². The highest BCUT2D eigenvalue weighted by molar-refractivity contribution is 5.85. The molecule has 1 aliphatic heterocycles. The lowest BCUT2D eigenvalue weighted by atomic mass is 10.1. The fourth-order valence-corrected chi connectivity index (χ4v) is 3.15. The van der Waals surface area contributed by atoms with Gasteiger partial charge in [-0.25, -0.2) is 0 Å². The largest absolute Gasteiger partial charge is 0.364 e. The number of aromatic amines is 1. The average Bonchev–Trinajstić information content (AvgIpc) is 3.12. The summed E-state index contributed by atoms with van der Waals surface area (Å²) in [6.07, 6.45) is 2.15. The lowest BCUT2D eigenvalue weighted by Crippen LogP contribution is -2.36. The number of hydrogen-bond acceptors (Lipinski definition) is 3. The number of nitrogens with two attached hydrogens (primary N) is 1. The maximum atomic E-state index is 12.1. The number of carbonyl (C=O) groups is 1. The van der Waals surface area contributed by atoms with E-state index in [-0.39, 0.29) is 30.5 Å². The quantitative estimate of drug-likeness (QED) is 0.781. The molecule has 1 amide bonds. The number of halogens is 1. The summed E-state index contributed by atoms with van der Waals surface area (Å²) in [4.78, 5) is 15.5. The number of benzene rings is 1. The number of ether oxygens (including phenoxy) is 1. The summed E-state index contributed by atoms with van der Waals surface area (Å²) in [6, 6.07) is 8.25. The van der Waals surface area contributed by atoms with Crippen molar-refractivity contribution < 1.29 is 9.53 Å². The van der Waals surface area contributed by atoms with Crippen molar-refractivity contribution >= 4 is 29.2 Å². The summed E-state index contributed by atoms with van der Waals surface area (Å²) in [5.41, 5.74) is 9.14. The Balaban J connectivity index is 0.00000192. The van der Waals surface area contributed by atoms with Crippen LogP contribution in [0, 0.1) is 6.92 Å². The molecule has 0 unspecified atom stereocenters. The highest BCUT2D eigenvalue weighted by Crippen LogP contribution is 2.22. The van der Waals surface area contributed by atoms with Gasteiger partial charge in [-0.05, 0) is 37.8 Å². The summed E-state index contributed by atoms with van der Waals surface area (Å²) in [5, 5.41) is 4.21. The van der Waals surface area contributed by atoms with E-state index in [1.54, 1.807) is 0 Å². The molecule has 2 atom stereocenters. The number of hydrogen-bond donors (Lipinski definition) is 3. The SMILES string of the molecule is Cc1[nH]c2ccccc2c1CCNC(=O)[C@@H]1CC[C@H](CN)O1.Cl. The second-order valence-electron chi connectivity index (χ2n) is 5.87. The van der Waals surface area contributed by atoms with Gasteiger partial charge in [-0.3, -0.25) is 4.79 Å². The van der Waals surface area contributed by atoms with Gasteiger partial charge < -0.3 is 20.8 Å². The van der Waals surface area contributed by atoms with E-state index in [0.717, 1.165) is 30.5 Å². The van der Waals surface area contributed by atoms with Crippen molar-refractivity contribution in [3.05, 3.63) is 35.5 Å². The minimum Gasteiger partial charge on any atom is -0.364 e. The van der Waals surface area contributed by atoms with E-state index in [0.29, 0.717) is 13.1 Å². The first-order valence-electron chi connectivity index (χ1n) is 7.88. The fraction of sp³-hybridized carbons (Fsp3) is 0.471. The normalized spacial score (nSPS) is 20.4. The topological polar surface area (TPSA) is 80.1 Å². The second-order valence-corrected chi connectivity index (χ2v) is 5.87. The molecule has 1 aromatic heterocycles. The van der Waals surface area contributed by atoms with Crippen molar-refractivity contribution in [3.63, 3.8) is 0 Å². The maximum absolute atomic E-state index is 12.1. The van der Waals surface area contributed by atoms with Crippen LogP contribution in [-0.2, 0) is 16.0 Å². The van der Waals surface area contributed by atoms with Crippen LogP contribution in [0.1, 0.15) is 24.1 Å². The van der Waals surface area contributed by atoms with Crippen LogP contribution in [-0.4, -0.2) is 36.2 Å². The van der Waals surface area contributed by atoms with Crippen LogP contribution in [0.25, 0.3) is 10.9 Å². The summed E-state index contributed by atoms with van der Waals surface area (Å²) in [7, 11) is 0. The number of aryl methyl sites for hydroxylation is 1. The molecule has 0 saturated carbocycles. The molecule has 2 heterocycles. The van der Waals surface area contributed by atoms with Crippen LogP contribution in [0.15, 0.2) is 24.3 Å². The predicted octanol–water partition coefficient (Wildman–Crippen LogP) is 2.06. The van der Waals surface area contributed by atoms with E-state index in [4.69, 9.17) is 10.5 Å². The van der Waals surface area contributed by atoms with Gasteiger partial charge in [0.05, 0.1) is 6.10 Å². The summed E-state index contributed by atoms with van der Waals surface area (Å²) in [5.74, 6) is -0.0200. The van der Waals surface area contributed by atoms with Gasteiger partial charge in [0.15, 0.2) is 0 Å². The van der Waals surface area contributed by atoms with Gasteiger partial charge in [-0.2, -0.15) is 0 Å². The van der Waals surface area contributed by atoms with Gasteiger partial charge in [-0.1, -0.05) is 18.2 Å². The van der Waals surface area contributed by atoms with Crippen LogP contribution in [0.2, 0.25) is 0 Å². The molecule has 1 aromatic carbocycles. The van der Waals surface area contributed by atoms with Crippen LogP contribution in [0.4, 0.5) is 0 Å². The van der Waals surface area contributed by atoms with Crippen LogP contribution in [0.5, 0.6) is 0 Å². The Morgan fingerprint density at radius 3 is 2.91 bits per heavy atom.